The van der Waals surface area contributed by atoms with E-state index < -0.39 is 0 Å². The van der Waals surface area contributed by atoms with Gasteiger partial charge in [0.2, 0.25) is 0 Å². The molecule has 1 rings (SSSR count). The van der Waals surface area contributed by atoms with Gasteiger partial charge in [-0.1, -0.05) is 30.2 Å². The van der Waals surface area contributed by atoms with E-state index in [-0.39, 0.29) is 6.10 Å². The van der Waals surface area contributed by atoms with E-state index in [1.165, 1.54) is 24.0 Å². The van der Waals surface area contributed by atoms with Crippen molar-refractivity contribution in [2.75, 3.05) is 0 Å². The van der Waals surface area contributed by atoms with Crippen molar-refractivity contribution in [3.05, 3.63) is 23.3 Å². The van der Waals surface area contributed by atoms with Gasteiger partial charge in [0.1, 0.15) is 0 Å². The number of aliphatic hydroxyl groups excluding tert-OH is 1. The van der Waals surface area contributed by atoms with Crippen LogP contribution in [0.4, 0.5) is 0 Å². The van der Waals surface area contributed by atoms with Crippen LogP contribution in [0.3, 0.4) is 0 Å². The first-order chi connectivity index (χ1) is 7.59. The lowest BCUT2D eigenvalue weighted by molar-refractivity contribution is 0.104. The zero-order chi connectivity index (χ0) is 12.0. The molecule has 1 aliphatic rings. The Hall–Kier alpha value is -0.560. The van der Waals surface area contributed by atoms with Crippen LogP contribution in [0.1, 0.15) is 59.3 Å². The molecule has 16 heavy (non-hydrogen) atoms. The summed E-state index contributed by atoms with van der Waals surface area (Å²) in [6.07, 6.45) is 11.1. The van der Waals surface area contributed by atoms with E-state index in [0.29, 0.717) is 5.92 Å². The van der Waals surface area contributed by atoms with Crippen LogP contribution in [0.15, 0.2) is 23.3 Å². The molecule has 1 N–H and O–H groups in total. The highest BCUT2D eigenvalue weighted by atomic mass is 16.3. The highest BCUT2D eigenvalue weighted by molar-refractivity contribution is 5.04. The first-order valence-corrected chi connectivity index (χ1v) is 6.59. The van der Waals surface area contributed by atoms with Crippen molar-refractivity contribution in [3.63, 3.8) is 0 Å². The molecule has 0 aliphatic heterocycles. The molecule has 2 atom stereocenters. The average Bonchev–Trinajstić information content (AvgIpc) is 2.24. The summed E-state index contributed by atoms with van der Waals surface area (Å²) in [6, 6.07) is 0. The van der Waals surface area contributed by atoms with Crippen molar-refractivity contribution >= 4 is 0 Å². The molecule has 1 heteroatoms. The van der Waals surface area contributed by atoms with E-state index in [4.69, 9.17) is 0 Å². The molecule has 92 valence electrons. The number of allylic oxidation sites excluding steroid dienone is 4. The van der Waals surface area contributed by atoms with Crippen molar-refractivity contribution < 1.29 is 5.11 Å². The minimum atomic E-state index is -0.128. The summed E-state index contributed by atoms with van der Waals surface area (Å²) < 4.78 is 0. The van der Waals surface area contributed by atoms with Gasteiger partial charge in [0.05, 0.1) is 6.10 Å². The summed E-state index contributed by atoms with van der Waals surface area (Å²) in [7, 11) is 0. The van der Waals surface area contributed by atoms with E-state index in [0.717, 1.165) is 25.7 Å². The maximum atomic E-state index is 9.99. The molecule has 2 unspecified atom stereocenters. The summed E-state index contributed by atoms with van der Waals surface area (Å²) in [5, 5.41) is 9.99. The molecule has 0 bridgehead atoms. The van der Waals surface area contributed by atoms with Gasteiger partial charge in [0.15, 0.2) is 0 Å². The summed E-state index contributed by atoms with van der Waals surface area (Å²) in [5.74, 6) is 0.427. The second kappa shape index (κ2) is 6.90. The Morgan fingerprint density at radius 1 is 1.00 bits per heavy atom. The maximum absolute atomic E-state index is 9.99. The normalized spacial score (nSPS) is 36.2. The molecule has 0 aromatic rings. The zero-order valence-corrected chi connectivity index (χ0v) is 11.0. The fourth-order valence-electron chi connectivity index (χ4n) is 2.18. The lowest BCUT2D eigenvalue weighted by atomic mass is 9.92. The van der Waals surface area contributed by atoms with Gasteiger partial charge in [-0.2, -0.15) is 0 Å². The molecule has 0 amide bonds. The summed E-state index contributed by atoms with van der Waals surface area (Å²) in [4.78, 5) is 0. The zero-order valence-electron chi connectivity index (χ0n) is 11.0. The van der Waals surface area contributed by atoms with Crippen LogP contribution in [0.25, 0.3) is 0 Å². The van der Waals surface area contributed by atoms with Crippen LogP contribution in [0.2, 0.25) is 0 Å². The van der Waals surface area contributed by atoms with Gasteiger partial charge in [-0.15, -0.1) is 0 Å². The highest BCUT2D eigenvalue weighted by Gasteiger charge is 2.13. The quantitative estimate of drug-likeness (QED) is 0.608. The fourth-order valence-corrected chi connectivity index (χ4v) is 2.18. The highest BCUT2D eigenvalue weighted by Crippen LogP contribution is 2.20. The Morgan fingerprint density at radius 2 is 1.62 bits per heavy atom. The summed E-state index contributed by atoms with van der Waals surface area (Å²) in [6.45, 7) is 6.58. The van der Waals surface area contributed by atoms with Crippen molar-refractivity contribution in [1.29, 1.82) is 0 Å². The van der Waals surface area contributed by atoms with Gasteiger partial charge in [-0.05, 0) is 58.3 Å². The van der Waals surface area contributed by atoms with Crippen molar-refractivity contribution in [2.24, 2.45) is 5.92 Å². The van der Waals surface area contributed by atoms with Crippen LogP contribution in [0, 0.1) is 5.92 Å². The molecule has 0 saturated heterocycles. The first-order valence-electron chi connectivity index (χ1n) is 6.59. The van der Waals surface area contributed by atoms with Gasteiger partial charge in [0.25, 0.3) is 0 Å². The number of hydrogen-bond acceptors (Lipinski definition) is 1. The molecule has 0 radical (unpaired) electrons. The van der Waals surface area contributed by atoms with Gasteiger partial charge in [-0.3, -0.25) is 0 Å². The third-order valence-corrected chi connectivity index (χ3v) is 3.64. The smallest absolute Gasteiger partial charge is 0.0568 e. The largest absolute Gasteiger partial charge is 0.393 e. The van der Waals surface area contributed by atoms with Crippen LogP contribution < -0.4 is 0 Å². The molecule has 1 nitrogen and oxygen atoms in total. The van der Waals surface area contributed by atoms with E-state index in [2.05, 4.69) is 32.9 Å². The third-order valence-electron chi connectivity index (χ3n) is 3.64. The minimum absolute atomic E-state index is 0.128. The lowest BCUT2D eigenvalue weighted by Crippen LogP contribution is -2.17. The van der Waals surface area contributed by atoms with Crippen LogP contribution in [0.5, 0.6) is 0 Å². The minimum Gasteiger partial charge on any atom is -0.393 e. The Morgan fingerprint density at radius 3 is 2.38 bits per heavy atom. The van der Waals surface area contributed by atoms with Gasteiger partial charge in [0, 0.05) is 0 Å². The predicted molar refractivity (Wildman–Crippen MR) is 70.4 cm³/mol. The van der Waals surface area contributed by atoms with Crippen molar-refractivity contribution in [3.8, 4) is 0 Å². The number of hydrogen-bond donors (Lipinski definition) is 1. The number of rotatable bonds is 0. The Bertz CT molecular complexity index is 263. The van der Waals surface area contributed by atoms with E-state index in [1.54, 1.807) is 0 Å². The van der Waals surface area contributed by atoms with Gasteiger partial charge >= 0.3 is 0 Å². The molecular formula is C15H26O. The Labute approximate surface area is 100 Å². The monoisotopic (exact) mass is 222 g/mol. The van der Waals surface area contributed by atoms with Gasteiger partial charge < -0.3 is 5.11 Å². The molecule has 0 aromatic heterocycles. The lowest BCUT2D eigenvalue weighted by Gasteiger charge is -2.19. The van der Waals surface area contributed by atoms with E-state index >= 15 is 0 Å². The Kier molecular flexibility index (Phi) is 5.83. The van der Waals surface area contributed by atoms with E-state index in [9.17, 15) is 5.11 Å². The summed E-state index contributed by atoms with van der Waals surface area (Å²) in [5.41, 5.74) is 2.94. The van der Waals surface area contributed by atoms with Crippen molar-refractivity contribution in [1.82, 2.24) is 0 Å². The average molecular weight is 222 g/mol. The van der Waals surface area contributed by atoms with Crippen molar-refractivity contribution in [2.45, 2.75) is 65.4 Å². The topological polar surface area (TPSA) is 20.2 Å². The predicted octanol–water partition coefficient (Wildman–Crippen LogP) is 4.23. The third kappa shape index (κ3) is 4.98. The molecule has 0 heterocycles. The van der Waals surface area contributed by atoms with Crippen LogP contribution in [-0.4, -0.2) is 11.2 Å². The second-order valence-corrected chi connectivity index (χ2v) is 5.30. The Balaban J connectivity index is 2.61. The summed E-state index contributed by atoms with van der Waals surface area (Å²) >= 11 is 0. The maximum Gasteiger partial charge on any atom is 0.0568 e. The number of aliphatic hydroxyl groups is 1. The molecule has 0 aromatic carbocycles. The second-order valence-electron chi connectivity index (χ2n) is 5.30. The molecule has 1 aliphatic carbocycles. The fraction of sp³-hybridized carbons (Fsp3) is 0.733. The first kappa shape index (κ1) is 13.5. The standard InChI is InChI=1S/C15H26O/c1-12-6-4-7-13(2)10-11-14(3)15(16)9-5-8-12/h7-8,14-16H,4-6,9-11H2,1-3H3/b12-8-,13-7-. The van der Waals surface area contributed by atoms with E-state index in [1.807, 2.05) is 0 Å². The van der Waals surface area contributed by atoms with Crippen LogP contribution >= 0.6 is 0 Å². The van der Waals surface area contributed by atoms with Crippen LogP contribution in [-0.2, 0) is 0 Å². The van der Waals surface area contributed by atoms with Gasteiger partial charge in [-0.25, -0.2) is 0 Å². The molecular weight excluding hydrogens is 196 g/mol. The molecule has 0 fully saturated rings. The molecule has 0 spiro atoms. The molecule has 0 saturated carbocycles. The SMILES string of the molecule is C/C1=C/CCC(O)C(C)CC/C(C)=C\CC1.